The summed E-state index contributed by atoms with van der Waals surface area (Å²) in [4.78, 5) is 0. The van der Waals surface area contributed by atoms with Crippen molar-refractivity contribution in [3.8, 4) is 0 Å². The Labute approximate surface area is 124 Å². The summed E-state index contributed by atoms with van der Waals surface area (Å²) in [6.07, 6.45) is 5.97. The second-order valence-electron chi connectivity index (χ2n) is 7.00. The Balaban J connectivity index is 2.08. The summed E-state index contributed by atoms with van der Waals surface area (Å²) in [7, 11) is 0. The number of ether oxygens (including phenoxy) is 1. The van der Waals surface area contributed by atoms with Crippen LogP contribution >= 0.6 is 0 Å². The van der Waals surface area contributed by atoms with Crippen LogP contribution < -0.4 is 0 Å². The van der Waals surface area contributed by atoms with E-state index in [1.54, 1.807) is 0 Å². The second-order valence-corrected chi connectivity index (χ2v) is 7.00. The zero-order valence-corrected chi connectivity index (χ0v) is 13.5. The maximum absolute atomic E-state index is 6.14. The molecule has 110 valence electrons. The van der Waals surface area contributed by atoms with Gasteiger partial charge >= 0.3 is 0 Å². The minimum Gasteiger partial charge on any atom is -0.488 e. The van der Waals surface area contributed by atoms with E-state index in [4.69, 9.17) is 4.74 Å². The molecular formula is C19H28O. The largest absolute Gasteiger partial charge is 0.488 e. The molecule has 20 heavy (non-hydrogen) atoms. The zero-order chi connectivity index (χ0) is 14.8. The molecule has 0 N–H and O–H groups in total. The third kappa shape index (κ3) is 3.26. The molecule has 0 aliphatic heterocycles. The molecule has 0 aromatic heterocycles. The average molecular weight is 272 g/mol. The zero-order valence-electron chi connectivity index (χ0n) is 13.5. The Morgan fingerprint density at radius 2 is 1.75 bits per heavy atom. The molecule has 1 aromatic carbocycles. The topological polar surface area (TPSA) is 9.23 Å². The molecule has 1 nitrogen and oxygen atoms in total. The van der Waals surface area contributed by atoms with Gasteiger partial charge in [0.25, 0.3) is 0 Å². The Bertz CT molecular complexity index is 461. The molecule has 1 aliphatic carbocycles. The Morgan fingerprint density at radius 1 is 1.20 bits per heavy atom. The minimum atomic E-state index is -0.00154. The van der Waals surface area contributed by atoms with Gasteiger partial charge < -0.3 is 4.74 Å². The Hall–Kier alpha value is -1.24. The van der Waals surface area contributed by atoms with Crippen LogP contribution in [0.5, 0.6) is 0 Å². The lowest BCUT2D eigenvalue weighted by molar-refractivity contribution is 0.0658. The quantitative estimate of drug-likeness (QED) is 0.625. The van der Waals surface area contributed by atoms with Gasteiger partial charge in [0, 0.05) is 5.56 Å². The van der Waals surface area contributed by atoms with Gasteiger partial charge in [-0.1, -0.05) is 51.6 Å². The molecule has 1 aromatic rings. The van der Waals surface area contributed by atoms with E-state index in [-0.39, 0.29) is 11.0 Å². The van der Waals surface area contributed by atoms with E-state index >= 15 is 0 Å². The maximum Gasteiger partial charge on any atom is 0.120 e. The van der Waals surface area contributed by atoms with Crippen molar-refractivity contribution in [3.05, 3.63) is 42.0 Å². The van der Waals surface area contributed by atoms with E-state index in [1.807, 2.05) is 0 Å². The van der Waals surface area contributed by atoms with Gasteiger partial charge in [-0.15, -0.1) is 0 Å². The molecule has 0 spiro atoms. The van der Waals surface area contributed by atoms with Gasteiger partial charge in [-0.2, -0.15) is 0 Å². The van der Waals surface area contributed by atoms with Crippen LogP contribution in [0.4, 0.5) is 0 Å². The predicted octanol–water partition coefficient (Wildman–Crippen LogP) is 5.69. The average Bonchev–Trinajstić information content (AvgIpc) is 2.85. The number of benzene rings is 1. The molecule has 0 saturated heterocycles. The second kappa shape index (κ2) is 5.63. The van der Waals surface area contributed by atoms with Crippen LogP contribution in [-0.4, -0.2) is 5.60 Å². The highest BCUT2D eigenvalue weighted by Crippen LogP contribution is 2.36. The molecule has 1 fully saturated rings. The van der Waals surface area contributed by atoms with Crippen molar-refractivity contribution < 1.29 is 4.74 Å². The lowest BCUT2D eigenvalue weighted by atomic mass is 9.82. The molecule has 0 radical (unpaired) electrons. The van der Waals surface area contributed by atoms with Gasteiger partial charge in [0.1, 0.15) is 11.4 Å². The first-order valence-corrected chi connectivity index (χ1v) is 7.85. The third-order valence-electron chi connectivity index (χ3n) is 4.90. The summed E-state index contributed by atoms with van der Waals surface area (Å²) in [6.45, 7) is 13.1. The van der Waals surface area contributed by atoms with Gasteiger partial charge in [0.05, 0.1) is 0 Å². The van der Waals surface area contributed by atoms with E-state index in [9.17, 15) is 0 Å². The fraction of sp³-hybridized carbons (Fsp3) is 0.579. The summed E-state index contributed by atoms with van der Waals surface area (Å²) < 4.78 is 6.14. The monoisotopic (exact) mass is 272 g/mol. The van der Waals surface area contributed by atoms with E-state index in [1.165, 1.54) is 18.4 Å². The van der Waals surface area contributed by atoms with E-state index in [0.29, 0.717) is 0 Å². The Kier molecular flexibility index (Phi) is 4.27. The summed E-state index contributed by atoms with van der Waals surface area (Å²) >= 11 is 0. The highest BCUT2D eigenvalue weighted by Gasteiger charge is 2.31. The summed E-state index contributed by atoms with van der Waals surface area (Å²) in [5.74, 6) is 0.815. The van der Waals surface area contributed by atoms with Crippen LogP contribution in [0.3, 0.4) is 0 Å². The van der Waals surface area contributed by atoms with E-state index < -0.39 is 0 Å². The number of rotatable bonds is 5. The first kappa shape index (κ1) is 15.2. The summed E-state index contributed by atoms with van der Waals surface area (Å²) in [6, 6.07) is 8.72. The molecule has 0 bridgehead atoms. The first-order valence-electron chi connectivity index (χ1n) is 7.85. The van der Waals surface area contributed by atoms with Crippen LogP contribution in [0.1, 0.15) is 70.9 Å². The van der Waals surface area contributed by atoms with Crippen molar-refractivity contribution >= 4 is 5.76 Å². The molecule has 0 unspecified atom stereocenters. The van der Waals surface area contributed by atoms with Crippen LogP contribution in [0.2, 0.25) is 0 Å². The normalized spacial score (nSPS) is 18.0. The van der Waals surface area contributed by atoms with Gasteiger partial charge in [-0.3, -0.25) is 0 Å². The highest BCUT2D eigenvalue weighted by molar-refractivity contribution is 5.58. The van der Waals surface area contributed by atoms with Gasteiger partial charge in [-0.25, -0.2) is 0 Å². The van der Waals surface area contributed by atoms with Crippen molar-refractivity contribution in [3.63, 3.8) is 0 Å². The van der Waals surface area contributed by atoms with Crippen LogP contribution in [-0.2, 0) is 10.2 Å². The van der Waals surface area contributed by atoms with E-state index in [0.717, 1.165) is 30.6 Å². The molecule has 1 saturated carbocycles. The third-order valence-corrected chi connectivity index (χ3v) is 4.90. The van der Waals surface area contributed by atoms with Crippen LogP contribution in [0.15, 0.2) is 30.8 Å². The van der Waals surface area contributed by atoms with Crippen LogP contribution in [0, 0.1) is 0 Å². The highest BCUT2D eigenvalue weighted by atomic mass is 16.5. The predicted molar refractivity (Wildman–Crippen MR) is 86.8 cm³/mol. The van der Waals surface area contributed by atoms with Crippen molar-refractivity contribution in [2.45, 2.75) is 70.8 Å². The maximum atomic E-state index is 6.14. The summed E-state index contributed by atoms with van der Waals surface area (Å²) in [5, 5.41) is 0. The lowest BCUT2D eigenvalue weighted by Gasteiger charge is -2.27. The van der Waals surface area contributed by atoms with Crippen molar-refractivity contribution in [2.24, 2.45) is 0 Å². The molecule has 0 heterocycles. The number of hydrogen-bond acceptors (Lipinski definition) is 1. The molecule has 1 aliphatic rings. The van der Waals surface area contributed by atoms with Crippen molar-refractivity contribution in [1.29, 1.82) is 0 Å². The van der Waals surface area contributed by atoms with E-state index in [2.05, 4.69) is 58.5 Å². The standard InChI is InChI=1S/C19H28O/c1-6-18(3,4)17-11-9-16(10-12-17)15(2)20-19(5)13-7-8-14-19/h9-12H,2,6-8,13-14H2,1,3-5H3. The molecule has 1 heteroatoms. The van der Waals surface area contributed by atoms with Gasteiger partial charge in [-0.05, 0) is 50.0 Å². The molecular weight excluding hydrogens is 244 g/mol. The molecule has 0 atom stereocenters. The van der Waals surface area contributed by atoms with Gasteiger partial charge in [0.15, 0.2) is 0 Å². The number of hydrogen-bond donors (Lipinski definition) is 0. The Morgan fingerprint density at radius 3 is 2.25 bits per heavy atom. The smallest absolute Gasteiger partial charge is 0.120 e. The van der Waals surface area contributed by atoms with Crippen LogP contribution in [0.25, 0.3) is 5.76 Å². The SMILES string of the molecule is C=C(OC1(C)CCCC1)c1ccc(C(C)(C)CC)cc1. The fourth-order valence-electron chi connectivity index (χ4n) is 2.89. The van der Waals surface area contributed by atoms with Gasteiger partial charge in [0.2, 0.25) is 0 Å². The minimum absolute atomic E-state index is 0.00154. The fourth-order valence-corrected chi connectivity index (χ4v) is 2.89. The van der Waals surface area contributed by atoms with Crippen molar-refractivity contribution in [2.75, 3.05) is 0 Å². The lowest BCUT2D eigenvalue weighted by Crippen LogP contribution is -2.23. The molecule has 2 rings (SSSR count). The first-order chi connectivity index (χ1) is 9.36. The molecule has 0 amide bonds. The summed E-state index contributed by atoms with van der Waals surface area (Å²) in [5.41, 5.74) is 2.72. The van der Waals surface area contributed by atoms with Crippen molar-refractivity contribution in [1.82, 2.24) is 0 Å².